The molecule has 0 unspecified atom stereocenters. The summed E-state index contributed by atoms with van der Waals surface area (Å²) in [7, 11) is 0. The maximum absolute atomic E-state index is 12.2. The number of H-pyrrole nitrogens is 1. The van der Waals surface area contributed by atoms with Crippen LogP contribution in [0.2, 0.25) is 0 Å². The number of nitrogens with one attached hydrogen (secondary N) is 1. The van der Waals surface area contributed by atoms with Crippen molar-refractivity contribution < 1.29 is 4.79 Å². The summed E-state index contributed by atoms with van der Waals surface area (Å²) in [5.74, 6) is 0.351. The topological polar surface area (TPSA) is 88.8 Å². The Balaban J connectivity index is 1.63. The van der Waals surface area contributed by atoms with Gasteiger partial charge < -0.3 is 10.7 Å². The van der Waals surface area contributed by atoms with Crippen LogP contribution < -0.4 is 11.3 Å². The van der Waals surface area contributed by atoms with Gasteiger partial charge in [0.25, 0.3) is 5.56 Å². The summed E-state index contributed by atoms with van der Waals surface area (Å²) in [4.78, 5) is 30.0. The summed E-state index contributed by atoms with van der Waals surface area (Å²) in [5.41, 5.74) is 6.77. The van der Waals surface area contributed by atoms with E-state index in [1.165, 1.54) is 6.07 Å². The van der Waals surface area contributed by atoms with Gasteiger partial charge in [-0.3, -0.25) is 9.59 Å². The first kappa shape index (κ1) is 16.4. The lowest BCUT2D eigenvalue weighted by atomic mass is 10.1. The fourth-order valence-corrected chi connectivity index (χ4v) is 3.55. The molecule has 1 aliphatic rings. The van der Waals surface area contributed by atoms with Crippen molar-refractivity contribution in [1.82, 2.24) is 9.97 Å². The minimum atomic E-state index is -0.674. The monoisotopic (exact) mass is 369 g/mol. The molecule has 0 radical (unpaired) electrons. The number of alkyl halides is 2. The number of nitrogens with zero attached hydrogens (tertiary/aromatic N) is 1. The Bertz CT molecular complexity index is 805. The van der Waals surface area contributed by atoms with Gasteiger partial charge in [-0.2, -0.15) is 0 Å². The number of nitrogens with two attached hydrogens (primary N) is 1. The molecule has 1 fully saturated rings. The highest BCUT2D eigenvalue weighted by Gasteiger charge is 2.52. The first-order valence-corrected chi connectivity index (χ1v) is 8.60. The number of aromatic nitrogens is 2. The second-order valence-corrected chi connectivity index (χ2v) is 7.83. The Labute approximate surface area is 146 Å². The summed E-state index contributed by atoms with van der Waals surface area (Å²) < 4.78 is -0.674. The van der Waals surface area contributed by atoms with E-state index >= 15 is 0 Å². The molecule has 8 heteroatoms. The van der Waals surface area contributed by atoms with Crippen molar-refractivity contribution in [3.63, 3.8) is 0 Å². The van der Waals surface area contributed by atoms with Crippen molar-refractivity contribution in [3.05, 3.63) is 51.8 Å². The third-order valence-corrected chi connectivity index (χ3v) is 5.25. The van der Waals surface area contributed by atoms with Crippen LogP contribution in [-0.2, 0) is 0 Å². The molecule has 0 aliphatic heterocycles. The molecule has 1 aliphatic carbocycles. The Kier molecular flexibility index (Phi) is 4.40. The summed E-state index contributed by atoms with van der Waals surface area (Å²) >= 11 is 13.2. The second-order valence-electron chi connectivity index (χ2n) is 5.33. The maximum Gasteiger partial charge on any atom is 0.253 e. The lowest BCUT2D eigenvalue weighted by molar-refractivity contribution is 0.102. The normalized spacial score (nSPS) is 18.6. The van der Waals surface area contributed by atoms with Gasteiger partial charge in [0.05, 0.1) is 5.75 Å². The van der Waals surface area contributed by atoms with Crippen LogP contribution in [0.15, 0.2) is 40.3 Å². The van der Waals surface area contributed by atoms with E-state index in [0.717, 1.165) is 23.7 Å². The van der Waals surface area contributed by atoms with E-state index in [-0.39, 0.29) is 28.8 Å². The van der Waals surface area contributed by atoms with Gasteiger partial charge in [-0.25, -0.2) is 4.98 Å². The van der Waals surface area contributed by atoms with Crippen molar-refractivity contribution in [2.45, 2.75) is 21.8 Å². The number of hydrogen-bond donors (Lipinski definition) is 2. The molecule has 3 N–H and O–H groups in total. The maximum atomic E-state index is 12.2. The average molecular weight is 370 g/mol. The van der Waals surface area contributed by atoms with E-state index in [0.29, 0.717) is 10.7 Å². The Morgan fingerprint density at radius 3 is 2.61 bits per heavy atom. The predicted octanol–water partition coefficient (Wildman–Crippen LogP) is 2.99. The molecule has 2 aromatic rings. The van der Waals surface area contributed by atoms with Crippen LogP contribution >= 0.6 is 35.0 Å². The van der Waals surface area contributed by atoms with E-state index < -0.39 is 4.33 Å². The SMILES string of the molecule is Nc1cc(=O)[nH]c(SCC(=O)c2ccc([C@@H]3CC3(Cl)Cl)cc2)n1. The summed E-state index contributed by atoms with van der Waals surface area (Å²) in [6.07, 6.45) is 0.730. The third-order valence-electron chi connectivity index (χ3n) is 3.54. The molecule has 1 atom stereocenters. The molecular weight excluding hydrogens is 357 g/mol. The standard InChI is InChI=1S/C15H13Cl2N3O2S/c16-15(17)6-10(15)8-1-3-9(4-2-8)11(21)7-23-14-19-12(18)5-13(22)20-14/h1-5,10H,6-7H2,(H3,18,19,20,22)/t10-/m0/s1. The third kappa shape index (κ3) is 3.88. The average Bonchev–Trinajstić information content (AvgIpc) is 3.13. The number of Topliss-reactive ketones (excluding diaryl/α,β-unsaturated/α-hetero) is 1. The number of aromatic amines is 1. The minimum absolute atomic E-state index is 0.0644. The molecule has 1 saturated carbocycles. The van der Waals surface area contributed by atoms with Gasteiger partial charge in [-0.05, 0) is 12.0 Å². The van der Waals surface area contributed by atoms with Gasteiger partial charge in [-0.15, -0.1) is 23.2 Å². The predicted molar refractivity (Wildman–Crippen MR) is 92.6 cm³/mol. The molecule has 0 amide bonds. The molecule has 1 aromatic heterocycles. The highest BCUT2D eigenvalue weighted by molar-refractivity contribution is 7.99. The minimum Gasteiger partial charge on any atom is -0.383 e. The lowest BCUT2D eigenvalue weighted by Crippen LogP contribution is -2.11. The zero-order valence-corrected chi connectivity index (χ0v) is 14.2. The number of ketones is 1. The van der Waals surface area contributed by atoms with Gasteiger partial charge >= 0.3 is 0 Å². The number of thioether (sulfide) groups is 1. The quantitative estimate of drug-likeness (QED) is 0.366. The summed E-state index contributed by atoms with van der Waals surface area (Å²) in [5, 5.41) is 0.326. The van der Waals surface area contributed by atoms with Crippen LogP contribution in [0.1, 0.15) is 28.3 Å². The number of benzene rings is 1. The number of halogens is 2. The Morgan fingerprint density at radius 1 is 1.39 bits per heavy atom. The van der Waals surface area contributed by atoms with Crippen molar-refractivity contribution in [2.75, 3.05) is 11.5 Å². The first-order valence-electron chi connectivity index (χ1n) is 6.86. The number of anilines is 1. The molecule has 0 spiro atoms. The van der Waals surface area contributed by atoms with Crippen LogP contribution in [-0.4, -0.2) is 25.8 Å². The van der Waals surface area contributed by atoms with Crippen molar-refractivity contribution >= 4 is 46.6 Å². The summed E-state index contributed by atoms with van der Waals surface area (Å²) in [6, 6.07) is 8.45. The largest absolute Gasteiger partial charge is 0.383 e. The lowest BCUT2D eigenvalue weighted by Gasteiger charge is -2.04. The van der Waals surface area contributed by atoms with E-state index in [9.17, 15) is 9.59 Å². The molecule has 1 aromatic carbocycles. The van der Waals surface area contributed by atoms with E-state index in [2.05, 4.69) is 9.97 Å². The second kappa shape index (κ2) is 6.19. The Hall–Kier alpha value is -1.50. The van der Waals surface area contributed by atoms with Crippen molar-refractivity contribution in [3.8, 4) is 0 Å². The number of carbonyl (C=O) groups excluding carboxylic acids is 1. The fourth-order valence-electron chi connectivity index (χ4n) is 2.22. The zero-order valence-electron chi connectivity index (χ0n) is 11.9. The molecule has 0 bridgehead atoms. The number of hydrogen-bond acceptors (Lipinski definition) is 5. The van der Waals surface area contributed by atoms with Gasteiger partial charge in [0, 0.05) is 17.5 Å². The van der Waals surface area contributed by atoms with Gasteiger partial charge in [-0.1, -0.05) is 36.0 Å². The van der Waals surface area contributed by atoms with E-state index in [4.69, 9.17) is 28.9 Å². The highest BCUT2D eigenvalue weighted by atomic mass is 35.5. The van der Waals surface area contributed by atoms with Crippen molar-refractivity contribution in [2.24, 2.45) is 0 Å². The zero-order chi connectivity index (χ0) is 16.6. The van der Waals surface area contributed by atoms with E-state index in [1.807, 2.05) is 12.1 Å². The van der Waals surface area contributed by atoms with E-state index in [1.54, 1.807) is 12.1 Å². The van der Waals surface area contributed by atoms with Crippen LogP contribution in [0.25, 0.3) is 0 Å². The number of nitrogen functional groups attached to an aromatic ring is 1. The molecule has 0 saturated heterocycles. The smallest absolute Gasteiger partial charge is 0.253 e. The molecule has 120 valence electrons. The van der Waals surface area contributed by atoms with Crippen LogP contribution in [0.4, 0.5) is 5.82 Å². The number of carbonyl (C=O) groups is 1. The van der Waals surface area contributed by atoms with Crippen LogP contribution in [0.3, 0.4) is 0 Å². The highest BCUT2D eigenvalue weighted by Crippen LogP contribution is 2.59. The van der Waals surface area contributed by atoms with Gasteiger partial charge in [0.2, 0.25) is 0 Å². The molecule has 23 heavy (non-hydrogen) atoms. The van der Waals surface area contributed by atoms with Crippen LogP contribution in [0.5, 0.6) is 0 Å². The van der Waals surface area contributed by atoms with Gasteiger partial charge in [0.1, 0.15) is 10.2 Å². The molecular formula is C15H13Cl2N3O2S. The fraction of sp³-hybridized carbons (Fsp3) is 0.267. The Morgan fingerprint density at radius 2 is 2.04 bits per heavy atom. The molecule has 5 nitrogen and oxygen atoms in total. The molecule has 3 rings (SSSR count). The van der Waals surface area contributed by atoms with Gasteiger partial charge in [0.15, 0.2) is 10.9 Å². The number of rotatable bonds is 5. The summed E-state index contributed by atoms with van der Waals surface area (Å²) in [6.45, 7) is 0. The van der Waals surface area contributed by atoms with Crippen molar-refractivity contribution in [1.29, 1.82) is 0 Å². The molecule has 1 heterocycles. The van der Waals surface area contributed by atoms with Crippen LogP contribution in [0, 0.1) is 0 Å². The first-order chi connectivity index (χ1) is 10.8.